The quantitative estimate of drug-likeness (QED) is 0.785. The van der Waals surface area contributed by atoms with Gasteiger partial charge >= 0.3 is 0 Å². The van der Waals surface area contributed by atoms with Crippen LogP contribution < -0.4 is 4.72 Å². The van der Waals surface area contributed by atoms with Crippen LogP contribution in [0.3, 0.4) is 0 Å². The van der Waals surface area contributed by atoms with Gasteiger partial charge < -0.3 is 4.90 Å². The number of hydrogen-bond acceptors (Lipinski definition) is 3. The first-order valence-corrected chi connectivity index (χ1v) is 9.82. The SMILES string of the molecule is CC1CCCCN1CCCNS(=O)(=O)c1cc(Cl)cc(Cl)c1. The highest BCUT2D eigenvalue weighted by Crippen LogP contribution is 2.22. The Morgan fingerprint density at radius 2 is 1.91 bits per heavy atom. The summed E-state index contributed by atoms with van der Waals surface area (Å²) in [6.07, 6.45) is 4.54. The van der Waals surface area contributed by atoms with Gasteiger partial charge in [-0.2, -0.15) is 0 Å². The molecule has 22 heavy (non-hydrogen) atoms. The molecule has 1 aliphatic rings. The number of nitrogens with one attached hydrogen (secondary N) is 1. The molecular weight excluding hydrogens is 343 g/mol. The molecule has 0 amide bonds. The molecule has 0 saturated carbocycles. The minimum atomic E-state index is -3.56. The van der Waals surface area contributed by atoms with E-state index >= 15 is 0 Å². The lowest BCUT2D eigenvalue weighted by Gasteiger charge is -2.33. The fraction of sp³-hybridized carbons (Fsp3) is 0.600. The number of nitrogens with zero attached hydrogens (tertiary/aromatic N) is 1. The van der Waals surface area contributed by atoms with E-state index in [-0.39, 0.29) is 4.90 Å². The maximum Gasteiger partial charge on any atom is 0.240 e. The van der Waals surface area contributed by atoms with Crippen LogP contribution in [0, 0.1) is 0 Å². The third-order valence-electron chi connectivity index (χ3n) is 4.00. The van der Waals surface area contributed by atoms with Crippen molar-refractivity contribution < 1.29 is 8.42 Å². The molecule has 1 aromatic carbocycles. The highest BCUT2D eigenvalue weighted by atomic mass is 35.5. The number of piperidine rings is 1. The van der Waals surface area contributed by atoms with E-state index in [0.717, 1.165) is 19.5 Å². The highest BCUT2D eigenvalue weighted by Gasteiger charge is 2.18. The first-order chi connectivity index (χ1) is 10.4. The molecule has 1 N–H and O–H groups in total. The third-order valence-corrected chi connectivity index (χ3v) is 5.88. The van der Waals surface area contributed by atoms with Crippen molar-refractivity contribution in [1.29, 1.82) is 0 Å². The fourth-order valence-corrected chi connectivity index (χ4v) is 4.54. The van der Waals surface area contributed by atoms with Gasteiger partial charge in [0, 0.05) is 22.6 Å². The van der Waals surface area contributed by atoms with Crippen LogP contribution in [0.15, 0.2) is 23.1 Å². The van der Waals surface area contributed by atoms with Crippen molar-refractivity contribution >= 4 is 33.2 Å². The van der Waals surface area contributed by atoms with Crippen LogP contribution in [0.2, 0.25) is 10.0 Å². The van der Waals surface area contributed by atoms with Gasteiger partial charge in [-0.15, -0.1) is 0 Å². The zero-order valence-electron chi connectivity index (χ0n) is 12.7. The van der Waals surface area contributed by atoms with Crippen molar-refractivity contribution in [2.75, 3.05) is 19.6 Å². The molecular formula is C15H22Cl2N2O2S. The van der Waals surface area contributed by atoms with Gasteiger partial charge in [0.2, 0.25) is 10.0 Å². The van der Waals surface area contributed by atoms with Crippen LogP contribution in [0.25, 0.3) is 0 Å². The second-order valence-corrected chi connectivity index (χ2v) is 8.38. The second kappa shape index (κ2) is 7.97. The van der Waals surface area contributed by atoms with Gasteiger partial charge in [-0.1, -0.05) is 29.6 Å². The van der Waals surface area contributed by atoms with E-state index < -0.39 is 10.0 Å². The number of sulfonamides is 1. The smallest absolute Gasteiger partial charge is 0.240 e. The largest absolute Gasteiger partial charge is 0.301 e. The molecule has 0 bridgehead atoms. The van der Waals surface area contributed by atoms with Crippen molar-refractivity contribution in [1.82, 2.24) is 9.62 Å². The molecule has 1 heterocycles. The standard InChI is InChI=1S/C15H22Cl2N2O2S/c1-12-5-2-3-7-19(12)8-4-6-18-22(20,21)15-10-13(16)9-14(17)11-15/h9-12,18H,2-8H2,1H3. The van der Waals surface area contributed by atoms with Gasteiger partial charge in [0.1, 0.15) is 0 Å². The maximum absolute atomic E-state index is 12.2. The summed E-state index contributed by atoms with van der Waals surface area (Å²) in [6, 6.07) is 4.92. The molecule has 124 valence electrons. The predicted octanol–water partition coefficient (Wildman–Crippen LogP) is 3.54. The minimum absolute atomic E-state index is 0.108. The molecule has 1 aromatic rings. The Kier molecular flexibility index (Phi) is 6.53. The number of hydrogen-bond donors (Lipinski definition) is 1. The van der Waals surface area contributed by atoms with Crippen LogP contribution in [0.4, 0.5) is 0 Å². The topological polar surface area (TPSA) is 49.4 Å². The van der Waals surface area contributed by atoms with Gasteiger partial charge in [-0.05, 0) is 57.5 Å². The van der Waals surface area contributed by atoms with Gasteiger partial charge in [-0.25, -0.2) is 13.1 Å². The first-order valence-electron chi connectivity index (χ1n) is 7.58. The molecule has 1 unspecified atom stereocenters. The van der Waals surface area contributed by atoms with Gasteiger partial charge in [0.15, 0.2) is 0 Å². The Hall–Kier alpha value is -0.330. The molecule has 1 aliphatic heterocycles. The minimum Gasteiger partial charge on any atom is -0.301 e. The van der Waals surface area contributed by atoms with E-state index in [1.165, 1.54) is 37.5 Å². The van der Waals surface area contributed by atoms with Crippen LogP contribution in [-0.2, 0) is 10.0 Å². The summed E-state index contributed by atoms with van der Waals surface area (Å²) in [4.78, 5) is 2.53. The fourth-order valence-electron chi connectivity index (χ4n) is 2.75. The zero-order valence-corrected chi connectivity index (χ0v) is 15.0. The molecule has 0 spiro atoms. The molecule has 1 saturated heterocycles. The van der Waals surface area contributed by atoms with Crippen LogP contribution >= 0.6 is 23.2 Å². The Balaban J connectivity index is 1.85. The summed E-state index contributed by atoms with van der Waals surface area (Å²) in [5, 5.41) is 0.630. The predicted molar refractivity (Wildman–Crippen MR) is 91.2 cm³/mol. The van der Waals surface area contributed by atoms with Crippen molar-refractivity contribution in [2.45, 2.75) is 43.5 Å². The van der Waals surface area contributed by atoms with Crippen LogP contribution in [0.1, 0.15) is 32.6 Å². The molecule has 4 nitrogen and oxygen atoms in total. The molecule has 0 radical (unpaired) electrons. The molecule has 1 fully saturated rings. The second-order valence-electron chi connectivity index (χ2n) is 5.74. The van der Waals surface area contributed by atoms with E-state index in [0.29, 0.717) is 22.6 Å². The summed E-state index contributed by atoms with van der Waals surface area (Å²) in [6.45, 7) is 4.67. The van der Waals surface area contributed by atoms with Crippen molar-refractivity contribution in [3.63, 3.8) is 0 Å². The van der Waals surface area contributed by atoms with E-state index in [9.17, 15) is 8.42 Å². The Morgan fingerprint density at radius 1 is 1.23 bits per heavy atom. The Bertz CT molecular complexity index is 587. The first kappa shape index (κ1) is 18.0. The van der Waals surface area contributed by atoms with E-state index in [4.69, 9.17) is 23.2 Å². The average molecular weight is 365 g/mol. The lowest BCUT2D eigenvalue weighted by atomic mass is 10.0. The summed E-state index contributed by atoms with van der Waals surface area (Å²) in [5.41, 5.74) is 0. The summed E-state index contributed by atoms with van der Waals surface area (Å²) >= 11 is 11.7. The van der Waals surface area contributed by atoms with E-state index in [1.807, 2.05) is 0 Å². The van der Waals surface area contributed by atoms with Crippen molar-refractivity contribution in [3.8, 4) is 0 Å². The van der Waals surface area contributed by atoms with Gasteiger partial charge in [-0.3, -0.25) is 0 Å². The number of likely N-dealkylation sites (tertiary alicyclic amines) is 1. The monoisotopic (exact) mass is 364 g/mol. The van der Waals surface area contributed by atoms with E-state index in [2.05, 4.69) is 16.5 Å². The van der Waals surface area contributed by atoms with Crippen LogP contribution in [-0.4, -0.2) is 39.0 Å². The summed E-state index contributed by atoms with van der Waals surface area (Å²) in [5.74, 6) is 0. The lowest BCUT2D eigenvalue weighted by Crippen LogP contribution is -2.39. The van der Waals surface area contributed by atoms with E-state index in [1.54, 1.807) is 0 Å². The number of rotatable bonds is 6. The van der Waals surface area contributed by atoms with Crippen molar-refractivity contribution in [3.05, 3.63) is 28.2 Å². The summed E-state index contributed by atoms with van der Waals surface area (Å²) < 4.78 is 27.0. The van der Waals surface area contributed by atoms with Crippen molar-refractivity contribution in [2.24, 2.45) is 0 Å². The average Bonchev–Trinajstić information content (AvgIpc) is 2.44. The highest BCUT2D eigenvalue weighted by molar-refractivity contribution is 7.89. The number of benzene rings is 1. The van der Waals surface area contributed by atoms with Gasteiger partial charge in [0.05, 0.1) is 4.90 Å². The van der Waals surface area contributed by atoms with Crippen LogP contribution in [0.5, 0.6) is 0 Å². The molecule has 7 heteroatoms. The Labute approximate surface area is 142 Å². The van der Waals surface area contributed by atoms with Gasteiger partial charge in [0.25, 0.3) is 0 Å². The number of halogens is 2. The Morgan fingerprint density at radius 3 is 2.55 bits per heavy atom. The summed E-state index contributed by atoms with van der Waals surface area (Å²) in [7, 11) is -3.56. The zero-order chi connectivity index (χ0) is 16.2. The lowest BCUT2D eigenvalue weighted by molar-refractivity contribution is 0.159. The molecule has 0 aromatic heterocycles. The third kappa shape index (κ3) is 5.10. The normalized spacial score (nSPS) is 20.2. The maximum atomic E-state index is 12.2. The molecule has 1 atom stereocenters. The molecule has 0 aliphatic carbocycles. The molecule has 2 rings (SSSR count).